The highest BCUT2D eigenvalue weighted by molar-refractivity contribution is 7.14. The van der Waals surface area contributed by atoms with Crippen molar-refractivity contribution >= 4 is 57.1 Å². The number of halogens is 2. The number of nitrogens with zero attached hydrogens (tertiary/aromatic N) is 2. The molecule has 31 heavy (non-hydrogen) atoms. The summed E-state index contributed by atoms with van der Waals surface area (Å²) in [5, 5.41) is 13.7. The van der Waals surface area contributed by atoms with Crippen LogP contribution in [0.15, 0.2) is 59.6 Å². The van der Waals surface area contributed by atoms with Gasteiger partial charge in [-0.3, -0.25) is 14.5 Å². The van der Waals surface area contributed by atoms with Gasteiger partial charge >= 0.3 is 5.91 Å². The number of aromatic nitrogens is 1. The lowest BCUT2D eigenvalue weighted by Gasteiger charge is -2.23. The standard InChI is InChI=1S/C22H16Cl2N2O4S/c1-2-30-14-6-3-12(4-7-14)19(27)17-18(13-5-8-15(23)16(24)11-13)26(21(29)20(17)28)22-25-9-10-31-22/h3-11,18,27H,2H2,1H3/b19-17+/t18-/m0/s1. The lowest BCUT2D eigenvalue weighted by molar-refractivity contribution is -0.132. The highest BCUT2D eigenvalue weighted by Gasteiger charge is 2.48. The van der Waals surface area contributed by atoms with Gasteiger partial charge in [0.25, 0.3) is 5.78 Å². The Morgan fingerprint density at radius 1 is 1.16 bits per heavy atom. The third-order valence-corrected chi connectivity index (χ3v) is 6.28. The van der Waals surface area contributed by atoms with Crippen molar-refractivity contribution in [1.29, 1.82) is 0 Å². The second kappa shape index (κ2) is 8.70. The van der Waals surface area contributed by atoms with Crippen molar-refractivity contribution in [2.45, 2.75) is 13.0 Å². The minimum Gasteiger partial charge on any atom is -0.507 e. The molecule has 1 N–H and O–H groups in total. The molecule has 1 aliphatic heterocycles. The summed E-state index contributed by atoms with van der Waals surface area (Å²) in [5.41, 5.74) is 0.852. The van der Waals surface area contributed by atoms with E-state index in [0.29, 0.717) is 33.6 Å². The van der Waals surface area contributed by atoms with E-state index in [1.165, 1.54) is 22.4 Å². The molecule has 1 amide bonds. The predicted octanol–water partition coefficient (Wildman–Crippen LogP) is 5.47. The van der Waals surface area contributed by atoms with Gasteiger partial charge in [-0.05, 0) is 48.9 Å². The fraction of sp³-hybridized carbons (Fsp3) is 0.136. The Balaban J connectivity index is 1.89. The molecule has 0 saturated carbocycles. The number of Topliss-reactive ketones (excluding diaryl/α,β-unsaturated/α-hetero) is 1. The number of carbonyl (C=O) groups excluding carboxylic acids is 2. The van der Waals surface area contributed by atoms with Crippen molar-refractivity contribution in [2.24, 2.45) is 0 Å². The number of aliphatic hydroxyl groups excluding tert-OH is 1. The number of rotatable bonds is 5. The van der Waals surface area contributed by atoms with Crippen LogP contribution in [-0.4, -0.2) is 28.4 Å². The van der Waals surface area contributed by atoms with Crippen LogP contribution in [0, 0.1) is 0 Å². The third kappa shape index (κ3) is 3.92. The molecule has 1 atom stereocenters. The average Bonchev–Trinajstić information content (AvgIpc) is 3.37. The minimum absolute atomic E-state index is 0.0530. The van der Waals surface area contributed by atoms with Crippen molar-refractivity contribution < 1.29 is 19.4 Å². The van der Waals surface area contributed by atoms with Gasteiger partial charge in [-0.1, -0.05) is 29.3 Å². The van der Waals surface area contributed by atoms with Crippen LogP contribution in [0.5, 0.6) is 5.75 Å². The van der Waals surface area contributed by atoms with Crippen molar-refractivity contribution in [3.63, 3.8) is 0 Å². The molecule has 3 aromatic rings. The topological polar surface area (TPSA) is 79.7 Å². The first-order valence-electron chi connectivity index (χ1n) is 9.31. The van der Waals surface area contributed by atoms with E-state index in [1.807, 2.05) is 6.92 Å². The Kier molecular flexibility index (Phi) is 6.00. The van der Waals surface area contributed by atoms with Crippen molar-refractivity contribution in [3.8, 4) is 5.75 Å². The summed E-state index contributed by atoms with van der Waals surface area (Å²) in [6.07, 6.45) is 1.54. The van der Waals surface area contributed by atoms with Crippen LogP contribution in [0.25, 0.3) is 5.76 Å². The molecule has 0 spiro atoms. The molecule has 2 aromatic carbocycles. The van der Waals surface area contributed by atoms with E-state index >= 15 is 0 Å². The number of carbonyl (C=O) groups is 2. The molecule has 9 heteroatoms. The minimum atomic E-state index is -0.910. The molecule has 0 unspecified atom stereocenters. The summed E-state index contributed by atoms with van der Waals surface area (Å²) in [4.78, 5) is 31.4. The molecular formula is C22H16Cl2N2O4S. The molecule has 0 radical (unpaired) electrons. The number of hydrogen-bond donors (Lipinski definition) is 1. The molecule has 1 saturated heterocycles. The highest BCUT2D eigenvalue weighted by Crippen LogP contribution is 2.43. The van der Waals surface area contributed by atoms with Crippen LogP contribution in [0.1, 0.15) is 24.1 Å². The van der Waals surface area contributed by atoms with E-state index in [2.05, 4.69) is 4.98 Å². The SMILES string of the molecule is CCOc1ccc(/C(O)=C2\C(=O)C(=O)N(c3nccs3)[C@H]2c2ccc(Cl)c(Cl)c2)cc1. The number of benzene rings is 2. The monoisotopic (exact) mass is 474 g/mol. The van der Waals surface area contributed by atoms with Gasteiger partial charge in [0.1, 0.15) is 11.5 Å². The Hall–Kier alpha value is -2.87. The summed E-state index contributed by atoms with van der Waals surface area (Å²) in [5.74, 6) is -1.25. The number of amides is 1. The summed E-state index contributed by atoms with van der Waals surface area (Å²) in [6.45, 7) is 2.37. The zero-order chi connectivity index (χ0) is 22.1. The van der Waals surface area contributed by atoms with Crippen molar-refractivity contribution in [1.82, 2.24) is 4.98 Å². The summed E-state index contributed by atoms with van der Waals surface area (Å²) < 4.78 is 5.42. The van der Waals surface area contributed by atoms with Gasteiger partial charge in [-0.25, -0.2) is 4.98 Å². The molecule has 0 aliphatic carbocycles. The second-order valence-electron chi connectivity index (χ2n) is 6.61. The molecule has 1 aliphatic rings. The molecule has 0 bridgehead atoms. The van der Waals surface area contributed by atoms with Crippen molar-refractivity contribution in [3.05, 3.63) is 80.8 Å². The molecule has 1 fully saturated rings. The first-order chi connectivity index (χ1) is 14.9. The van der Waals surface area contributed by atoms with E-state index in [1.54, 1.807) is 47.8 Å². The fourth-order valence-corrected chi connectivity index (χ4v) is 4.37. The normalized spacial score (nSPS) is 17.9. The summed E-state index contributed by atoms with van der Waals surface area (Å²) in [6, 6.07) is 10.5. The van der Waals surface area contributed by atoms with Gasteiger partial charge < -0.3 is 9.84 Å². The van der Waals surface area contributed by atoms with Crippen LogP contribution >= 0.6 is 34.5 Å². The van der Waals surface area contributed by atoms with Gasteiger partial charge in [0, 0.05) is 17.1 Å². The number of ketones is 1. The number of ether oxygens (including phenoxy) is 1. The van der Waals surface area contributed by atoms with E-state index in [9.17, 15) is 14.7 Å². The zero-order valence-corrected chi connectivity index (χ0v) is 18.5. The first-order valence-corrected chi connectivity index (χ1v) is 10.9. The van der Waals surface area contributed by atoms with E-state index in [-0.39, 0.29) is 16.4 Å². The Labute approximate surface area is 192 Å². The number of anilines is 1. The maximum Gasteiger partial charge on any atom is 0.301 e. The number of hydrogen-bond acceptors (Lipinski definition) is 6. The Morgan fingerprint density at radius 3 is 2.52 bits per heavy atom. The van der Waals surface area contributed by atoms with Crippen molar-refractivity contribution in [2.75, 3.05) is 11.5 Å². The molecule has 4 rings (SSSR count). The van der Waals surface area contributed by atoms with Crippen LogP contribution < -0.4 is 9.64 Å². The maximum atomic E-state index is 13.0. The van der Waals surface area contributed by atoms with Gasteiger partial charge in [-0.2, -0.15) is 0 Å². The van der Waals surface area contributed by atoms with Gasteiger partial charge in [-0.15, -0.1) is 11.3 Å². The van der Waals surface area contributed by atoms with Crippen LogP contribution in [0.2, 0.25) is 10.0 Å². The zero-order valence-electron chi connectivity index (χ0n) is 16.2. The number of thiazole rings is 1. The molecule has 2 heterocycles. The van der Waals surface area contributed by atoms with E-state index < -0.39 is 17.7 Å². The molecule has 158 valence electrons. The smallest absolute Gasteiger partial charge is 0.301 e. The Morgan fingerprint density at radius 2 is 1.90 bits per heavy atom. The largest absolute Gasteiger partial charge is 0.507 e. The average molecular weight is 475 g/mol. The maximum absolute atomic E-state index is 13.0. The van der Waals surface area contributed by atoms with E-state index in [4.69, 9.17) is 27.9 Å². The van der Waals surface area contributed by atoms with Gasteiger partial charge in [0.2, 0.25) is 0 Å². The molecular weight excluding hydrogens is 459 g/mol. The lowest BCUT2D eigenvalue weighted by atomic mass is 9.95. The number of aliphatic hydroxyl groups is 1. The fourth-order valence-electron chi connectivity index (χ4n) is 3.39. The van der Waals surface area contributed by atoms with E-state index in [0.717, 1.165) is 0 Å². The predicted molar refractivity (Wildman–Crippen MR) is 121 cm³/mol. The van der Waals surface area contributed by atoms with Crippen LogP contribution in [0.3, 0.4) is 0 Å². The van der Waals surface area contributed by atoms with Gasteiger partial charge in [0.15, 0.2) is 5.13 Å². The Bertz CT molecular complexity index is 1180. The second-order valence-corrected chi connectivity index (χ2v) is 8.30. The van der Waals surface area contributed by atoms with Crippen LogP contribution in [0.4, 0.5) is 5.13 Å². The van der Waals surface area contributed by atoms with Gasteiger partial charge in [0.05, 0.1) is 28.3 Å². The molecule has 6 nitrogen and oxygen atoms in total. The quantitative estimate of drug-likeness (QED) is 0.301. The third-order valence-electron chi connectivity index (χ3n) is 4.77. The highest BCUT2D eigenvalue weighted by atomic mass is 35.5. The first kappa shape index (κ1) is 21.4. The molecule has 1 aromatic heterocycles. The summed E-state index contributed by atoms with van der Waals surface area (Å²) in [7, 11) is 0. The summed E-state index contributed by atoms with van der Waals surface area (Å²) >= 11 is 13.5. The van der Waals surface area contributed by atoms with Crippen LogP contribution in [-0.2, 0) is 9.59 Å². The lowest BCUT2D eigenvalue weighted by Crippen LogP contribution is -2.29.